The Labute approximate surface area is 152 Å². The predicted octanol–water partition coefficient (Wildman–Crippen LogP) is 1.89. The molecule has 2 amide bonds. The van der Waals surface area contributed by atoms with Crippen LogP contribution in [0.5, 0.6) is 0 Å². The van der Waals surface area contributed by atoms with Crippen molar-refractivity contribution in [2.75, 3.05) is 6.54 Å². The molecule has 0 saturated heterocycles. The van der Waals surface area contributed by atoms with Gasteiger partial charge in [0.15, 0.2) is 0 Å². The molecule has 3 atom stereocenters. The minimum Gasteiger partial charge on any atom is -0.467 e. The van der Waals surface area contributed by atoms with E-state index < -0.39 is 0 Å². The molecule has 0 bridgehead atoms. The zero-order valence-corrected chi connectivity index (χ0v) is 15.1. The number of fused-ring (bicyclic) bond motifs is 1. The summed E-state index contributed by atoms with van der Waals surface area (Å²) in [5.74, 6) is 2.43. The van der Waals surface area contributed by atoms with Crippen molar-refractivity contribution in [1.82, 2.24) is 19.8 Å². The number of imidazole rings is 1. The summed E-state index contributed by atoms with van der Waals surface area (Å²) in [5, 5.41) is 2.83. The molecule has 1 aliphatic heterocycles. The van der Waals surface area contributed by atoms with Crippen LogP contribution in [0.1, 0.15) is 43.6 Å². The third-order valence-corrected chi connectivity index (χ3v) is 5.37. The van der Waals surface area contributed by atoms with Crippen LogP contribution in [0.15, 0.2) is 29.0 Å². The largest absolute Gasteiger partial charge is 0.467 e. The molecule has 1 aliphatic carbocycles. The maximum Gasteiger partial charge on any atom is 0.226 e. The molecule has 0 spiro atoms. The Kier molecular flexibility index (Phi) is 4.30. The molecule has 4 rings (SSSR count). The normalized spacial score (nSPS) is 24.2. The number of nitrogens with zero attached hydrogens (tertiary/aromatic N) is 3. The molecule has 3 unspecified atom stereocenters. The van der Waals surface area contributed by atoms with Gasteiger partial charge in [0, 0.05) is 25.2 Å². The number of carbonyl (C=O) groups excluding carboxylic acids is 2. The lowest BCUT2D eigenvalue weighted by molar-refractivity contribution is -0.136. The highest BCUT2D eigenvalue weighted by atomic mass is 16.3. The summed E-state index contributed by atoms with van der Waals surface area (Å²) in [6.45, 7) is 5.95. The van der Waals surface area contributed by atoms with Crippen molar-refractivity contribution < 1.29 is 14.0 Å². The summed E-state index contributed by atoms with van der Waals surface area (Å²) < 4.78 is 7.28. The van der Waals surface area contributed by atoms with Gasteiger partial charge in [-0.2, -0.15) is 0 Å². The lowest BCUT2D eigenvalue weighted by atomic mass is 10.1. The summed E-state index contributed by atoms with van der Waals surface area (Å²) in [6, 6.07) is 3.56. The zero-order chi connectivity index (χ0) is 18.3. The van der Waals surface area contributed by atoms with E-state index in [9.17, 15) is 9.59 Å². The second-order valence-corrected chi connectivity index (χ2v) is 7.34. The van der Waals surface area contributed by atoms with Gasteiger partial charge < -0.3 is 19.2 Å². The SMILES string of the molecule is CC1CC1C(=O)N1CCn2cc(CC(=O)NCc3ccco3)nc2C1C. The van der Waals surface area contributed by atoms with Crippen LogP contribution in [-0.2, 0) is 29.1 Å². The minimum absolute atomic E-state index is 0.0519. The topological polar surface area (TPSA) is 80.4 Å². The molecule has 3 heterocycles. The molecule has 7 heteroatoms. The lowest BCUT2D eigenvalue weighted by Crippen LogP contribution is -2.42. The average molecular weight is 356 g/mol. The smallest absolute Gasteiger partial charge is 0.226 e. The van der Waals surface area contributed by atoms with E-state index >= 15 is 0 Å². The molecule has 26 heavy (non-hydrogen) atoms. The summed E-state index contributed by atoms with van der Waals surface area (Å²) in [7, 11) is 0. The standard InChI is InChI=1S/C19H24N4O3/c1-12-8-16(12)19(25)23-6-5-22-11-14(21-18(22)13(23)2)9-17(24)20-10-15-4-3-7-26-15/h3-4,7,11-13,16H,5-6,8-10H2,1-2H3,(H,20,24). The van der Waals surface area contributed by atoms with Gasteiger partial charge in [-0.15, -0.1) is 0 Å². The summed E-state index contributed by atoms with van der Waals surface area (Å²) in [4.78, 5) is 31.3. The quantitative estimate of drug-likeness (QED) is 0.887. The van der Waals surface area contributed by atoms with E-state index in [0.29, 0.717) is 19.0 Å². The molecule has 2 aliphatic rings. The first-order valence-electron chi connectivity index (χ1n) is 9.18. The maximum atomic E-state index is 12.6. The van der Waals surface area contributed by atoms with Crippen LogP contribution in [0.2, 0.25) is 0 Å². The zero-order valence-electron chi connectivity index (χ0n) is 15.1. The van der Waals surface area contributed by atoms with Gasteiger partial charge in [-0.05, 0) is 31.4 Å². The molecule has 2 aromatic heterocycles. The third-order valence-electron chi connectivity index (χ3n) is 5.37. The highest BCUT2D eigenvalue weighted by Crippen LogP contribution is 2.41. The number of carbonyl (C=O) groups is 2. The van der Waals surface area contributed by atoms with Crippen LogP contribution in [-0.4, -0.2) is 32.8 Å². The van der Waals surface area contributed by atoms with Crippen LogP contribution in [0.4, 0.5) is 0 Å². The average Bonchev–Trinajstić information content (AvgIpc) is 3.03. The van der Waals surface area contributed by atoms with E-state index in [1.165, 1.54) is 0 Å². The first-order chi connectivity index (χ1) is 12.5. The number of nitrogens with one attached hydrogen (secondary N) is 1. The van der Waals surface area contributed by atoms with Crippen molar-refractivity contribution in [2.24, 2.45) is 11.8 Å². The molecule has 0 radical (unpaired) electrons. The minimum atomic E-state index is -0.0933. The molecular weight excluding hydrogens is 332 g/mol. The van der Waals surface area contributed by atoms with Gasteiger partial charge in [0.25, 0.3) is 0 Å². The van der Waals surface area contributed by atoms with E-state index in [-0.39, 0.29) is 30.2 Å². The third kappa shape index (κ3) is 3.25. The number of hydrogen-bond donors (Lipinski definition) is 1. The molecule has 138 valence electrons. The molecule has 1 saturated carbocycles. The fourth-order valence-corrected chi connectivity index (χ4v) is 3.64. The Bertz CT molecular complexity index is 811. The molecular formula is C19H24N4O3. The van der Waals surface area contributed by atoms with Crippen molar-refractivity contribution in [2.45, 2.75) is 45.8 Å². The van der Waals surface area contributed by atoms with E-state index in [4.69, 9.17) is 4.42 Å². The van der Waals surface area contributed by atoms with Crippen molar-refractivity contribution in [3.63, 3.8) is 0 Å². The van der Waals surface area contributed by atoms with Gasteiger partial charge in [-0.25, -0.2) is 4.98 Å². The van der Waals surface area contributed by atoms with Crippen LogP contribution in [0, 0.1) is 11.8 Å². The number of furan rings is 1. The lowest BCUT2D eigenvalue weighted by Gasteiger charge is -2.34. The predicted molar refractivity (Wildman–Crippen MR) is 93.9 cm³/mol. The first-order valence-corrected chi connectivity index (χ1v) is 9.18. The second kappa shape index (κ2) is 6.63. The highest BCUT2D eigenvalue weighted by Gasteiger charge is 2.43. The van der Waals surface area contributed by atoms with Gasteiger partial charge in [0.05, 0.1) is 31.0 Å². The summed E-state index contributed by atoms with van der Waals surface area (Å²) in [6.07, 6.45) is 4.74. The molecule has 2 aromatic rings. The van der Waals surface area contributed by atoms with E-state index in [1.807, 2.05) is 24.1 Å². The van der Waals surface area contributed by atoms with Crippen LogP contribution < -0.4 is 5.32 Å². The molecule has 0 aromatic carbocycles. The Morgan fingerprint density at radius 2 is 2.15 bits per heavy atom. The van der Waals surface area contributed by atoms with Gasteiger partial charge in [-0.3, -0.25) is 9.59 Å². The first kappa shape index (κ1) is 16.9. The molecule has 7 nitrogen and oxygen atoms in total. The Balaban J connectivity index is 1.38. The number of aromatic nitrogens is 2. The maximum absolute atomic E-state index is 12.6. The highest BCUT2D eigenvalue weighted by molar-refractivity contribution is 5.82. The summed E-state index contributed by atoms with van der Waals surface area (Å²) >= 11 is 0. The van der Waals surface area contributed by atoms with Crippen LogP contribution >= 0.6 is 0 Å². The van der Waals surface area contributed by atoms with Gasteiger partial charge >= 0.3 is 0 Å². The van der Waals surface area contributed by atoms with E-state index in [1.54, 1.807) is 12.3 Å². The number of rotatable bonds is 5. The summed E-state index contributed by atoms with van der Waals surface area (Å²) in [5.41, 5.74) is 0.734. The van der Waals surface area contributed by atoms with Gasteiger partial charge in [0.2, 0.25) is 11.8 Å². The fourth-order valence-electron chi connectivity index (χ4n) is 3.64. The van der Waals surface area contributed by atoms with Crippen molar-refractivity contribution in [1.29, 1.82) is 0 Å². The van der Waals surface area contributed by atoms with Crippen molar-refractivity contribution >= 4 is 11.8 Å². The number of hydrogen-bond acceptors (Lipinski definition) is 4. The van der Waals surface area contributed by atoms with Crippen molar-refractivity contribution in [3.05, 3.63) is 41.9 Å². The van der Waals surface area contributed by atoms with E-state index in [2.05, 4.69) is 21.8 Å². The fraction of sp³-hybridized carbons (Fsp3) is 0.526. The van der Waals surface area contributed by atoms with E-state index in [0.717, 1.165) is 30.2 Å². The Morgan fingerprint density at radius 1 is 1.35 bits per heavy atom. The Morgan fingerprint density at radius 3 is 2.85 bits per heavy atom. The second-order valence-electron chi connectivity index (χ2n) is 7.34. The van der Waals surface area contributed by atoms with Crippen molar-refractivity contribution in [3.8, 4) is 0 Å². The Hall–Kier alpha value is -2.57. The van der Waals surface area contributed by atoms with Crippen LogP contribution in [0.25, 0.3) is 0 Å². The van der Waals surface area contributed by atoms with Crippen LogP contribution in [0.3, 0.4) is 0 Å². The van der Waals surface area contributed by atoms with Gasteiger partial charge in [-0.1, -0.05) is 6.92 Å². The molecule has 1 fully saturated rings. The monoisotopic (exact) mass is 356 g/mol. The van der Waals surface area contributed by atoms with Gasteiger partial charge in [0.1, 0.15) is 11.6 Å². The number of amides is 2. The molecule has 1 N–H and O–H groups in total.